The van der Waals surface area contributed by atoms with Gasteiger partial charge in [0.1, 0.15) is 5.82 Å². The highest BCUT2D eigenvalue weighted by Gasteiger charge is 2.11. The quantitative estimate of drug-likeness (QED) is 0.693. The van der Waals surface area contributed by atoms with Crippen molar-refractivity contribution in [3.63, 3.8) is 0 Å². The molecule has 0 aliphatic heterocycles. The monoisotopic (exact) mass is 398 g/mol. The predicted molar refractivity (Wildman–Crippen MR) is 81.8 cm³/mol. The second-order valence-electron chi connectivity index (χ2n) is 3.34. The van der Waals surface area contributed by atoms with E-state index in [1.54, 1.807) is 18.3 Å². The summed E-state index contributed by atoms with van der Waals surface area (Å²) in [6.45, 7) is 0. The molecular formula is C11H6Cl3IN2. The second-order valence-corrected chi connectivity index (χ2v) is 5.75. The van der Waals surface area contributed by atoms with Crippen LogP contribution in [0.4, 0.5) is 5.82 Å². The number of nitrogens with two attached hydrogens (primary N) is 1. The van der Waals surface area contributed by atoms with E-state index < -0.39 is 0 Å². The van der Waals surface area contributed by atoms with Crippen molar-refractivity contribution in [1.29, 1.82) is 0 Å². The third-order valence-corrected chi connectivity index (χ3v) is 3.84. The topological polar surface area (TPSA) is 38.9 Å². The van der Waals surface area contributed by atoms with E-state index in [-0.39, 0.29) is 0 Å². The first-order valence-corrected chi connectivity index (χ1v) is 6.76. The second kappa shape index (κ2) is 5.18. The number of hydrogen-bond acceptors (Lipinski definition) is 2. The molecular weight excluding hydrogens is 393 g/mol. The van der Waals surface area contributed by atoms with Crippen LogP contribution in [0.1, 0.15) is 0 Å². The summed E-state index contributed by atoms with van der Waals surface area (Å²) >= 11 is 20.2. The van der Waals surface area contributed by atoms with Crippen LogP contribution < -0.4 is 5.73 Å². The van der Waals surface area contributed by atoms with E-state index >= 15 is 0 Å². The lowest BCUT2D eigenvalue weighted by Crippen LogP contribution is -1.94. The molecule has 0 amide bonds. The first-order valence-electron chi connectivity index (χ1n) is 4.55. The van der Waals surface area contributed by atoms with Gasteiger partial charge in [-0.05, 0) is 40.8 Å². The minimum Gasteiger partial charge on any atom is -0.383 e. The van der Waals surface area contributed by atoms with Crippen LogP contribution >= 0.6 is 57.4 Å². The minimum absolute atomic E-state index is 0.482. The van der Waals surface area contributed by atoms with Crippen molar-refractivity contribution >= 4 is 63.2 Å². The van der Waals surface area contributed by atoms with E-state index in [9.17, 15) is 0 Å². The highest BCUT2D eigenvalue weighted by Crippen LogP contribution is 2.37. The van der Waals surface area contributed by atoms with Gasteiger partial charge in [-0.15, -0.1) is 0 Å². The number of hydrogen-bond donors (Lipinski definition) is 1. The van der Waals surface area contributed by atoms with E-state index in [1.165, 1.54) is 0 Å². The van der Waals surface area contributed by atoms with Crippen LogP contribution in [-0.2, 0) is 0 Å². The van der Waals surface area contributed by atoms with Crippen molar-refractivity contribution < 1.29 is 0 Å². The van der Waals surface area contributed by atoms with E-state index in [0.717, 1.165) is 9.13 Å². The Labute approximate surface area is 127 Å². The number of halogens is 4. The van der Waals surface area contributed by atoms with Gasteiger partial charge in [-0.1, -0.05) is 34.8 Å². The van der Waals surface area contributed by atoms with Gasteiger partial charge in [-0.2, -0.15) is 0 Å². The van der Waals surface area contributed by atoms with Gasteiger partial charge < -0.3 is 5.73 Å². The van der Waals surface area contributed by atoms with Gasteiger partial charge in [0.25, 0.3) is 0 Å². The van der Waals surface area contributed by atoms with Crippen molar-refractivity contribution in [1.82, 2.24) is 4.98 Å². The van der Waals surface area contributed by atoms with Crippen LogP contribution in [0, 0.1) is 3.57 Å². The highest BCUT2D eigenvalue weighted by atomic mass is 127. The fourth-order valence-electron chi connectivity index (χ4n) is 1.40. The van der Waals surface area contributed by atoms with Crippen LogP contribution in [0.3, 0.4) is 0 Å². The summed E-state index contributed by atoms with van der Waals surface area (Å²) in [6.07, 6.45) is 1.64. The number of anilines is 1. The fraction of sp³-hybridized carbons (Fsp3) is 0. The molecule has 0 bridgehead atoms. The maximum Gasteiger partial charge on any atom is 0.136 e. The Hall–Kier alpha value is -0.230. The lowest BCUT2D eigenvalue weighted by atomic mass is 10.1. The largest absolute Gasteiger partial charge is 0.383 e. The van der Waals surface area contributed by atoms with Gasteiger partial charge in [0.15, 0.2) is 0 Å². The Morgan fingerprint density at radius 2 is 1.65 bits per heavy atom. The first-order chi connectivity index (χ1) is 7.99. The zero-order valence-electron chi connectivity index (χ0n) is 8.35. The third-order valence-electron chi connectivity index (χ3n) is 2.17. The van der Waals surface area contributed by atoms with Gasteiger partial charge in [-0.25, -0.2) is 4.98 Å². The lowest BCUT2D eigenvalue weighted by molar-refractivity contribution is 1.32. The van der Waals surface area contributed by atoms with Gasteiger partial charge in [0, 0.05) is 22.3 Å². The molecule has 0 saturated carbocycles. The van der Waals surface area contributed by atoms with E-state index in [0.29, 0.717) is 26.4 Å². The molecule has 2 N–H and O–H groups in total. The average molecular weight is 399 g/mol. The smallest absolute Gasteiger partial charge is 0.136 e. The number of pyridine rings is 1. The average Bonchev–Trinajstić information content (AvgIpc) is 2.21. The molecule has 0 aliphatic rings. The molecule has 88 valence electrons. The molecule has 0 spiro atoms. The zero-order chi connectivity index (χ0) is 12.6. The molecule has 2 rings (SSSR count). The number of benzene rings is 1. The van der Waals surface area contributed by atoms with Crippen LogP contribution in [0.25, 0.3) is 11.1 Å². The third kappa shape index (κ3) is 2.78. The highest BCUT2D eigenvalue weighted by molar-refractivity contribution is 14.1. The molecule has 0 atom stereocenters. The molecule has 0 radical (unpaired) electrons. The molecule has 0 unspecified atom stereocenters. The summed E-state index contributed by atoms with van der Waals surface area (Å²) in [5, 5.41) is 1.48. The van der Waals surface area contributed by atoms with Gasteiger partial charge in [0.2, 0.25) is 0 Å². The number of aromatic nitrogens is 1. The number of nitrogen functional groups attached to an aromatic ring is 1. The molecule has 0 aliphatic carbocycles. The molecule has 6 heteroatoms. The van der Waals surface area contributed by atoms with Crippen molar-refractivity contribution in [3.05, 3.63) is 43.0 Å². The fourth-order valence-corrected chi connectivity index (χ4v) is 2.91. The normalized spacial score (nSPS) is 10.6. The molecule has 2 nitrogen and oxygen atoms in total. The summed E-state index contributed by atoms with van der Waals surface area (Å²) in [6, 6.07) is 5.17. The molecule has 1 aromatic heterocycles. The molecule has 17 heavy (non-hydrogen) atoms. The molecule has 2 aromatic rings. The van der Waals surface area contributed by atoms with Crippen molar-refractivity contribution in [2.75, 3.05) is 5.73 Å². The van der Waals surface area contributed by atoms with Gasteiger partial charge in [-0.3, -0.25) is 0 Å². The van der Waals surface area contributed by atoms with E-state index in [2.05, 4.69) is 27.6 Å². The summed E-state index contributed by atoms with van der Waals surface area (Å²) in [4.78, 5) is 4.08. The Morgan fingerprint density at radius 1 is 1.06 bits per heavy atom. The van der Waals surface area contributed by atoms with E-state index in [1.807, 2.05) is 6.07 Å². The SMILES string of the molecule is Nc1ncc(-c2c(Cl)cc(Cl)cc2Cl)cc1I. The Morgan fingerprint density at radius 3 is 2.18 bits per heavy atom. The Balaban J connectivity index is 2.64. The standard InChI is InChI=1S/C11H6Cl3IN2/c12-6-2-7(13)10(8(14)3-6)5-1-9(15)11(16)17-4-5/h1-4H,(H2,16,17). The zero-order valence-corrected chi connectivity index (χ0v) is 12.8. The number of rotatable bonds is 1. The summed E-state index contributed by atoms with van der Waals surface area (Å²) < 4.78 is 0.849. The number of nitrogens with zero attached hydrogens (tertiary/aromatic N) is 1. The van der Waals surface area contributed by atoms with Crippen molar-refractivity contribution in [2.45, 2.75) is 0 Å². The summed E-state index contributed by atoms with van der Waals surface area (Å²) in [7, 11) is 0. The lowest BCUT2D eigenvalue weighted by Gasteiger charge is -2.08. The van der Waals surface area contributed by atoms with Crippen LogP contribution in [0.2, 0.25) is 15.1 Å². The Kier molecular flexibility index (Phi) is 4.02. The van der Waals surface area contributed by atoms with Crippen molar-refractivity contribution in [3.8, 4) is 11.1 Å². The van der Waals surface area contributed by atoms with Crippen LogP contribution in [-0.4, -0.2) is 4.98 Å². The molecule has 0 fully saturated rings. The minimum atomic E-state index is 0.482. The first kappa shape index (κ1) is 13.2. The predicted octanol–water partition coefficient (Wildman–Crippen LogP) is 4.90. The van der Waals surface area contributed by atoms with Crippen LogP contribution in [0.15, 0.2) is 24.4 Å². The van der Waals surface area contributed by atoms with Crippen molar-refractivity contribution in [2.24, 2.45) is 0 Å². The summed E-state index contributed by atoms with van der Waals surface area (Å²) in [5.41, 5.74) is 7.19. The molecule has 0 saturated heterocycles. The van der Waals surface area contributed by atoms with Gasteiger partial charge >= 0.3 is 0 Å². The maximum atomic E-state index is 6.13. The Bertz CT molecular complexity index is 564. The van der Waals surface area contributed by atoms with E-state index in [4.69, 9.17) is 40.5 Å². The maximum absolute atomic E-state index is 6.13. The van der Waals surface area contributed by atoms with Gasteiger partial charge in [0.05, 0.1) is 13.6 Å². The van der Waals surface area contributed by atoms with Crippen LogP contribution in [0.5, 0.6) is 0 Å². The molecule has 1 aromatic carbocycles. The summed E-state index contributed by atoms with van der Waals surface area (Å²) in [5.74, 6) is 0.482. The molecule has 1 heterocycles.